The Balaban J connectivity index is 1.81. The Morgan fingerprint density at radius 1 is 1.25 bits per heavy atom. The van der Waals surface area contributed by atoms with Gasteiger partial charge in [-0.15, -0.1) is 0 Å². The quantitative estimate of drug-likeness (QED) is 0.943. The van der Waals surface area contributed by atoms with Gasteiger partial charge in [-0.05, 0) is 43.7 Å². The van der Waals surface area contributed by atoms with Gasteiger partial charge in [0.25, 0.3) is 5.91 Å². The molecule has 0 bridgehead atoms. The summed E-state index contributed by atoms with van der Waals surface area (Å²) in [4.78, 5) is 26.4. The minimum Gasteiger partial charge on any atom is -0.484 e. The van der Waals surface area contributed by atoms with Crippen LogP contribution in [0.3, 0.4) is 0 Å². The molecule has 0 aromatic heterocycles. The van der Waals surface area contributed by atoms with Crippen LogP contribution < -0.4 is 15.0 Å². The Morgan fingerprint density at radius 3 is 2.83 bits per heavy atom. The van der Waals surface area contributed by atoms with E-state index in [4.69, 9.17) is 4.74 Å². The van der Waals surface area contributed by atoms with Gasteiger partial charge in [-0.2, -0.15) is 0 Å². The normalized spacial score (nSPS) is 16.8. The van der Waals surface area contributed by atoms with Crippen molar-refractivity contribution in [2.24, 2.45) is 0 Å². The molecule has 24 heavy (non-hydrogen) atoms. The molecule has 0 unspecified atom stereocenters. The molecule has 0 spiro atoms. The van der Waals surface area contributed by atoms with E-state index in [1.54, 1.807) is 11.0 Å². The Labute approximate surface area is 141 Å². The molecule has 1 aliphatic rings. The van der Waals surface area contributed by atoms with Crippen LogP contribution in [0.2, 0.25) is 0 Å². The predicted molar refractivity (Wildman–Crippen MR) is 93.3 cm³/mol. The molecule has 1 aliphatic heterocycles. The van der Waals surface area contributed by atoms with Gasteiger partial charge in [-0.3, -0.25) is 9.59 Å². The van der Waals surface area contributed by atoms with Crippen molar-refractivity contribution in [3.8, 4) is 5.75 Å². The fourth-order valence-corrected chi connectivity index (χ4v) is 2.89. The number of nitrogens with one attached hydrogen (secondary N) is 1. The van der Waals surface area contributed by atoms with Gasteiger partial charge >= 0.3 is 0 Å². The second kappa shape index (κ2) is 6.74. The number of hydrogen-bond acceptors (Lipinski definition) is 3. The third-order valence-electron chi connectivity index (χ3n) is 3.98. The predicted octanol–water partition coefficient (Wildman–Crippen LogP) is 3.14. The zero-order valence-corrected chi connectivity index (χ0v) is 13.8. The van der Waals surface area contributed by atoms with Crippen LogP contribution in [-0.2, 0) is 9.59 Å². The lowest BCUT2D eigenvalue weighted by atomic mass is 10.1. The van der Waals surface area contributed by atoms with Crippen molar-refractivity contribution in [3.63, 3.8) is 0 Å². The van der Waals surface area contributed by atoms with Crippen LogP contribution >= 0.6 is 0 Å². The van der Waals surface area contributed by atoms with Crippen molar-refractivity contribution in [2.75, 3.05) is 16.8 Å². The van der Waals surface area contributed by atoms with Crippen molar-refractivity contribution in [1.82, 2.24) is 0 Å². The van der Waals surface area contributed by atoms with Crippen molar-refractivity contribution < 1.29 is 14.3 Å². The van der Waals surface area contributed by atoms with E-state index in [-0.39, 0.29) is 30.9 Å². The van der Waals surface area contributed by atoms with Gasteiger partial charge in [0.2, 0.25) is 5.91 Å². The fraction of sp³-hybridized carbons (Fsp3) is 0.263. The summed E-state index contributed by atoms with van der Waals surface area (Å²) >= 11 is 0. The molecule has 1 atom stereocenters. The number of hydrogen-bond donors (Lipinski definition) is 1. The van der Waals surface area contributed by atoms with Gasteiger partial charge in [-0.25, -0.2) is 0 Å². The van der Waals surface area contributed by atoms with Crippen LogP contribution in [0.15, 0.2) is 48.5 Å². The number of fused-ring (bicyclic) bond motifs is 1. The first-order valence-corrected chi connectivity index (χ1v) is 7.95. The average molecular weight is 324 g/mol. The molecular weight excluding hydrogens is 304 g/mol. The summed E-state index contributed by atoms with van der Waals surface area (Å²) in [5, 5.41) is 2.85. The van der Waals surface area contributed by atoms with E-state index in [9.17, 15) is 9.59 Å². The molecule has 124 valence electrons. The van der Waals surface area contributed by atoms with E-state index in [1.807, 2.05) is 56.3 Å². The molecule has 5 heteroatoms. The lowest BCUT2D eigenvalue weighted by Gasteiger charge is -2.27. The molecule has 2 amide bonds. The van der Waals surface area contributed by atoms with Crippen LogP contribution in [0.25, 0.3) is 0 Å². The van der Waals surface area contributed by atoms with E-state index in [0.717, 1.165) is 5.56 Å². The summed E-state index contributed by atoms with van der Waals surface area (Å²) in [7, 11) is 0. The van der Waals surface area contributed by atoms with Crippen LogP contribution in [-0.4, -0.2) is 24.5 Å². The number of carbonyl (C=O) groups is 2. The summed E-state index contributed by atoms with van der Waals surface area (Å²) in [5.74, 6) is 0.395. The van der Waals surface area contributed by atoms with E-state index in [1.165, 1.54) is 0 Å². The summed E-state index contributed by atoms with van der Waals surface area (Å²) in [6.45, 7) is 3.77. The molecule has 0 aliphatic carbocycles. The Hall–Kier alpha value is -2.82. The zero-order valence-electron chi connectivity index (χ0n) is 13.8. The molecule has 3 rings (SSSR count). The largest absolute Gasteiger partial charge is 0.484 e. The first-order chi connectivity index (χ1) is 11.5. The molecule has 0 radical (unpaired) electrons. The Morgan fingerprint density at radius 2 is 2.04 bits per heavy atom. The summed E-state index contributed by atoms with van der Waals surface area (Å²) in [6.07, 6.45) is 0.255. The van der Waals surface area contributed by atoms with Gasteiger partial charge in [0, 0.05) is 12.5 Å². The Bertz CT molecular complexity index is 773. The van der Waals surface area contributed by atoms with Crippen molar-refractivity contribution >= 4 is 23.2 Å². The summed E-state index contributed by atoms with van der Waals surface area (Å²) in [5.41, 5.74) is 2.42. The average Bonchev–Trinajstić information content (AvgIpc) is 2.67. The van der Waals surface area contributed by atoms with Gasteiger partial charge < -0.3 is 15.0 Å². The smallest absolute Gasteiger partial charge is 0.265 e. The highest BCUT2D eigenvalue weighted by molar-refractivity contribution is 6.04. The summed E-state index contributed by atoms with van der Waals surface area (Å²) in [6, 6.07) is 14.7. The number of nitrogens with zero attached hydrogens (tertiary/aromatic N) is 1. The number of amides is 2. The number of benzene rings is 2. The molecule has 1 heterocycles. The van der Waals surface area contributed by atoms with Crippen LogP contribution in [0.5, 0.6) is 5.75 Å². The van der Waals surface area contributed by atoms with Crippen LogP contribution in [0.4, 0.5) is 11.4 Å². The van der Waals surface area contributed by atoms with Crippen LogP contribution in [0, 0.1) is 6.92 Å². The standard InChI is InChI=1S/C19H20N2O3/c1-13-6-5-7-15(10-13)24-12-19(23)21-14(2)11-18(22)20-16-8-3-4-9-17(16)21/h3-10,14H,11-12H2,1-2H3,(H,20,22)/t14-/m0/s1. The van der Waals surface area contributed by atoms with Gasteiger partial charge in [0.15, 0.2) is 6.61 Å². The first kappa shape index (κ1) is 16.1. The SMILES string of the molecule is Cc1cccc(OCC(=O)N2c3ccccc3NC(=O)C[C@@H]2C)c1. The molecule has 5 nitrogen and oxygen atoms in total. The number of para-hydroxylation sites is 2. The number of aryl methyl sites for hydroxylation is 1. The van der Waals surface area contributed by atoms with Gasteiger partial charge in [-0.1, -0.05) is 24.3 Å². The molecular formula is C19H20N2O3. The highest BCUT2D eigenvalue weighted by atomic mass is 16.5. The number of carbonyl (C=O) groups excluding carboxylic acids is 2. The minimum atomic E-state index is -0.234. The van der Waals surface area contributed by atoms with Gasteiger partial charge in [0.05, 0.1) is 11.4 Å². The minimum absolute atomic E-state index is 0.0731. The second-order valence-electron chi connectivity index (χ2n) is 5.99. The number of ether oxygens (including phenoxy) is 1. The van der Waals surface area contributed by atoms with Crippen LogP contribution in [0.1, 0.15) is 18.9 Å². The van der Waals surface area contributed by atoms with E-state index < -0.39 is 0 Å². The van der Waals surface area contributed by atoms with Crippen molar-refractivity contribution in [1.29, 1.82) is 0 Å². The molecule has 2 aromatic carbocycles. The monoisotopic (exact) mass is 324 g/mol. The maximum absolute atomic E-state index is 12.8. The van der Waals surface area contributed by atoms with E-state index in [0.29, 0.717) is 17.1 Å². The third kappa shape index (κ3) is 3.40. The topological polar surface area (TPSA) is 58.6 Å². The third-order valence-corrected chi connectivity index (χ3v) is 3.98. The van der Waals surface area contributed by atoms with Crippen molar-refractivity contribution in [2.45, 2.75) is 26.3 Å². The molecule has 2 aromatic rings. The fourth-order valence-electron chi connectivity index (χ4n) is 2.89. The van der Waals surface area contributed by atoms with Crippen molar-refractivity contribution in [3.05, 3.63) is 54.1 Å². The number of rotatable bonds is 3. The lowest BCUT2D eigenvalue weighted by molar-refractivity contribution is -0.121. The molecule has 1 N–H and O–H groups in total. The van der Waals surface area contributed by atoms with E-state index >= 15 is 0 Å². The maximum Gasteiger partial charge on any atom is 0.265 e. The summed E-state index contributed by atoms with van der Waals surface area (Å²) < 4.78 is 5.64. The molecule has 0 saturated carbocycles. The zero-order chi connectivity index (χ0) is 17.1. The van der Waals surface area contributed by atoms with E-state index in [2.05, 4.69) is 5.32 Å². The molecule has 0 fully saturated rings. The maximum atomic E-state index is 12.8. The molecule has 0 saturated heterocycles. The number of anilines is 2. The van der Waals surface area contributed by atoms with Gasteiger partial charge in [0.1, 0.15) is 5.75 Å². The second-order valence-corrected chi connectivity index (χ2v) is 5.99. The lowest BCUT2D eigenvalue weighted by Crippen LogP contribution is -2.41. The highest BCUT2D eigenvalue weighted by Crippen LogP contribution is 2.31. The Kier molecular flexibility index (Phi) is 4.51. The highest BCUT2D eigenvalue weighted by Gasteiger charge is 2.29. The first-order valence-electron chi connectivity index (χ1n) is 7.95.